The summed E-state index contributed by atoms with van der Waals surface area (Å²) in [6.45, 7) is 2.24. The predicted molar refractivity (Wildman–Crippen MR) is 99.8 cm³/mol. The summed E-state index contributed by atoms with van der Waals surface area (Å²) in [5.74, 6) is 2.03. The van der Waals surface area contributed by atoms with Gasteiger partial charge in [0, 0.05) is 16.5 Å². The van der Waals surface area contributed by atoms with Gasteiger partial charge in [-0.15, -0.1) is 11.3 Å². The van der Waals surface area contributed by atoms with Crippen molar-refractivity contribution >= 4 is 22.4 Å². The van der Waals surface area contributed by atoms with Crippen LogP contribution in [-0.4, -0.2) is 25.1 Å². The summed E-state index contributed by atoms with van der Waals surface area (Å²) in [6, 6.07) is 5.48. The summed E-state index contributed by atoms with van der Waals surface area (Å²) < 4.78 is 10.5. The lowest BCUT2D eigenvalue weighted by molar-refractivity contribution is -0.115. The fourth-order valence-corrected chi connectivity index (χ4v) is 4.32. The Morgan fingerprint density at radius 1 is 1.36 bits per heavy atom. The molecule has 1 aromatic carbocycles. The summed E-state index contributed by atoms with van der Waals surface area (Å²) in [6.07, 6.45) is 4.76. The molecular formula is C19H24N2O3S. The number of carbonyl (C=O) groups is 1. The van der Waals surface area contributed by atoms with Crippen LogP contribution in [0.4, 0.5) is 5.13 Å². The number of rotatable bonds is 6. The standard InChI is InChI=1S/C19H24N2O3S/c1-4-12-5-8-15-17(9-12)25-19(20-15)21-18(22)10-13-6-7-14(23-2)11-16(13)24-3/h6-7,11-12H,4-5,8-10H2,1-3H3,(H,20,21,22). The normalized spacial score (nSPS) is 16.2. The number of aryl methyl sites for hydroxylation is 1. The largest absolute Gasteiger partial charge is 0.497 e. The summed E-state index contributed by atoms with van der Waals surface area (Å²) in [5, 5.41) is 3.65. The molecule has 6 heteroatoms. The maximum absolute atomic E-state index is 12.4. The molecule has 134 valence electrons. The van der Waals surface area contributed by atoms with Crippen LogP contribution < -0.4 is 14.8 Å². The van der Waals surface area contributed by atoms with Crippen molar-refractivity contribution in [2.24, 2.45) is 5.92 Å². The molecule has 0 radical (unpaired) electrons. The lowest BCUT2D eigenvalue weighted by Crippen LogP contribution is -2.15. The van der Waals surface area contributed by atoms with Crippen LogP contribution in [0.5, 0.6) is 11.5 Å². The molecule has 1 amide bonds. The number of aromatic nitrogens is 1. The molecule has 25 heavy (non-hydrogen) atoms. The van der Waals surface area contributed by atoms with Gasteiger partial charge in [-0.1, -0.05) is 19.4 Å². The van der Waals surface area contributed by atoms with Crippen molar-refractivity contribution in [2.45, 2.75) is 39.0 Å². The van der Waals surface area contributed by atoms with E-state index in [0.717, 1.165) is 30.0 Å². The third-order valence-electron chi connectivity index (χ3n) is 4.71. The molecule has 1 N–H and O–H groups in total. The van der Waals surface area contributed by atoms with Gasteiger partial charge in [0.1, 0.15) is 11.5 Å². The van der Waals surface area contributed by atoms with Gasteiger partial charge in [0.05, 0.1) is 26.3 Å². The van der Waals surface area contributed by atoms with Crippen molar-refractivity contribution in [3.8, 4) is 11.5 Å². The van der Waals surface area contributed by atoms with Crippen molar-refractivity contribution in [2.75, 3.05) is 19.5 Å². The van der Waals surface area contributed by atoms with Crippen molar-refractivity contribution in [3.05, 3.63) is 34.3 Å². The minimum Gasteiger partial charge on any atom is -0.497 e. The zero-order valence-corrected chi connectivity index (χ0v) is 15.7. The average molecular weight is 360 g/mol. The first-order valence-corrected chi connectivity index (χ1v) is 9.43. The molecule has 1 aromatic heterocycles. The van der Waals surface area contributed by atoms with Crippen molar-refractivity contribution < 1.29 is 14.3 Å². The second-order valence-electron chi connectivity index (χ2n) is 6.31. The Hall–Kier alpha value is -2.08. The Balaban J connectivity index is 1.66. The Kier molecular flexibility index (Phi) is 5.58. The monoisotopic (exact) mass is 360 g/mol. The summed E-state index contributed by atoms with van der Waals surface area (Å²) in [5.41, 5.74) is 1.99. The van der Waals surface area contributed by atoms with Gasteiger partial charge < -0.3 is 14.8 Å². The van der Waals surface area contributed by atoms with Crippen LogP contribution in [0.25, 0.3) is 0 Å². The van der Waals surface area contributed by atoms with Gasteiger partial charge in [0.25, 0.3) is 0 Å². The highest BCUT2D eigenvalue weighted by Gasteiger charge is 2.22. The zero-order chi connectivity index (χ0) is 17.8. The van der Waals surface area contributed by atoms with Crippen LogP contribution in [0.15, 0.2) is 18.2 Å². The lowest BCUT2D eigenvalue weighted by Gasteiger charge is -2.18. The maximum atomic E-state index is 12.4. The number of amides is 1. The molecule has 0 fully saturated rings. The Labute approximate surface area is 152 Å². The number of nitrogens with zero attached hydrogens (tertiary/aromatic N) is 1. The highest BCUT2D eigenvalue weighted by molar-refractivity contribution is 7.15. The van der Waals surface area contributed by atoms with Gasteiger partial charge in [-0.05, 0) is 31.2 Å². The average Bonchev–Trinajstić information content (AvgIpc) is 3.02. The summed E-state index contributed by atoms with van der Waals surface area (Å²) in [7, 11) is 3.20. The van der Waals surface area contributed by atoms with E-state index in [9.17, 15) is 4.79 Å². The van der Waals surface area contributed by atoms with E-state index in [1.807, 2.05) is 12.1 Å². The maximum Gasteiger partial charge on any atom is 0.230 e. The van der Waals surface area contributed by atoms with E-state index in [0.29, 0.717) is 16.6 Å². The highest BCUT2D eigenvalue weighted by atomic mass is 32.1. The van der Waals surface area contributed by atoms with Gasteiger partial charge in [-0.25, -0.2) is 4.98 Å². The van der Waals surface area contributed by atoms with Crippen molar-refractivity contribution in [3.63, 3.8) is 0 Å². The molecule has 0 aliphatic heterocycles. The van der Waals surface area contributed by atoms with Gasteiger partial charge in [0.2, 0.25) is 5.91 Å². The Morgan fingerprint density at radius 3 is 2.92 bits per heavy atom. The number of benzene rings is 1. The lowest BCUT2D eigenvalue weighted by atomic mass is 9.89. The van der Waals surface area contributed by atoms with E-state index in [1.54, 1.807) is 31.6 Å². The van der Waals surface area contributed by atoms with Gasteiger partial charge in [-0.3, -0.25) is 4.79 Å². The molecule has 0 spiro atoms. The number of fused-ring (bicyclic) bond motifs is 1. The third kappa shape index (κ3) is 4.12. The molecule has 0 saturated heterocycles. The SMILES string of the molecule is CCC1CCc2nc(NC(=O)Cc3ccc(OC)cc3OC)sc2C1. The van der Waals surface area contributed by atoms with E-state index in [2.05, 4.69) is 17.2 Å². The van der Waals surface area contributed by atoms with Crippen molar-refractivity contribution in [1.82, 2.24) is 4.98 Å². The number of anilines is 1. The first-order chi connectivity index (χ1) is 12.1. The zero-order valence-electron chi connectivity index (χ0n) is 14.9. The first-order valence-electron chi connectivity index (χ1n) is 8.62. The van der Waals surface area contributed by atoms with E-state index in [-0.39, 0.29) is 12.3 Å². The second kappa shape index (κ2) is 7.87. The number of methoxy groups -OCH3 is 2. The number of ether oxygens (including phenoxy) is 2. The number of carbonyl (C=O) groups excluding carboxylic acids is 1. The van der Waals surface area contributed by atoms with E-state index in [4.69, 9.17) is 9.47 Å². The molecule has 1 aliphatic carbocycles. The quantitative estimate of drug-likeness (QED) is 0.850. The molecule has 1 unspecified atom stereocenters. The van der Waals surface area contributed by atoms with Gasteiger partial charge in [-0.2, -0.15) is 0 Å². The highest BCUT2D eigenvalue weighted by Crippen LogP contribution is 2.33. The number of nitrogens with one attached hydrogen (secondary N) is 1. The molecule has 1 aliphatic rings. The first kappa shape index (κ1) is 17.7. The van der Waals surface area contributed by atoms with Gasteiger partial charge in [0.15, 0.2) is 5.13 Å². The topological polar surface area (TPSA) is 60.5 Å². The molecule has 0 bridgehead atoms. The fraction of sp³-hybridized carbons (Fsp3) is 0.474. The number of hydrogen-bond donors (Lipinski definition) is 1. The van der Waals surface area contributed by atoms with Crippen LogP contribution in [0.1, 0.15) is 35.9 Å². The van der Waals surface area contributed by atoms with E-state index in [1.165, 1.54) is 17.7 Å². The minimum absolute atomic E-state index is 0.0818. The second-order valence-corrected chi connectivity index (χ2v) is 7.39. The molecular weight excluding hydrogens is 336 g/mol. The van der Waals surface area contributed by atoms with E-state index >= 15 is 0 Å². The number of thiazole rings is 1. The molecule has 1 heterocycles. The fourth-order valence-electron chi connectivity index (χ4n) is 3.18. The smallest absolute Gasteiger partial charge is 0.230 e. The van der Waals surface area contributed by atoms with Gasteiger partial charge >= 0.3 is 0 Å². The molecule has 1 atom stereocenters. The summed E-state index contributed by atoms with van der Waals surface area (Å²) >= 11 is 1.62. The molecule has 2 aromatic rings. The van der Waals surface area contributed by atoms with Crippen LogP contribution in [0, 0.1) is 5.92 Å². The molecule has 3 rings (SSSR count). The third-order valence-corrected chi connectivity index (χ3v) is 5.75. The molecule has 5 nitrogen and oxygen atoms in total. The van der Waals surface area contributed by atoms with Crippen LogP contribution in [0.3, 0.4) is 0 Å². The van der Waals surface area contributed by atoms with E-state index < -0.39 is 0 Å². The predicted octanol–water partition coefficient (Wildman–Crippen LogP) is 3.86. The number of hydrogen-bond acceptors (Lipinski definition) is 5. The summed E-state index contributed by atoms with van der Waals surface area (Å²) in [4.78, 5) is 18.3. The van der Waals surface area contributed by atoms with Crippen LogP contribution in [0.2, 0.25) is 0 Å². The van der Waals surface area contributed by atoms with Crippen LogP contribution in [-0.2, 0) is 24.1 Å². The Morgan fingerprint density at radius 2 is 2.20 bits per heavy atom. The van der Waals surface area contributed by atoms with Crippen LogP contribution >= 0.6 is 11.3 Å². The minimum atomic E-state index is -0.0818. The molecule has 0 saturated carbocycles. The van der Waals surface area contributed by atoms with Crippen molar-refractivity contribution in [1.29, 1.82) is 0 Å². The Bertz CT molecular complexity index is 757.